The Bertz CT molecular complexity index is 2890. The van der Waals surface area contributed by atoms with Crippen LogP contribution in [0.5, 0.6) is 0 Å². The highest BCUT2D eigenvalue weighted by molar-refractivity contribution is 6.20. The minimum Gasteiger partial charge on any atom is -0.247 e. The maximum atomic E-state index is 5.40. The number of nitrogens with zero attached hydrogens (tertiary/aromatic N) is 4. The van der Waals surface area contributed by atoms with Crippen LogP contribution >= 0.6 is 0 Å². The fraction of sp³-hybridized carbons (Fsp3) is 0. The van der Waals surface area contributed by atoms with E-state index in [0.29, 0.717) is 5.82 Å². The Morgan fingerprint density at radius 3 is 1.44 bits per heavy atom. The van der Waals surface area contributed by atoms with Crippen molar-refractivity contribution in [2.24, 2.45) is 0 Å². The van der Waals surface area contributed by atoms with E-state index in [2.05, 4.69) is 146 Å². The Labute approximate surface area is 313 Å². The fourth-order valence-electron chi connectivity index (χ4n) is 7.34. The summed E-state index contributed by atoms with van der Waals surface area (Å²) in [7, 11) is 0. The molecule has 54 heavy (non-hydrogen) atoms. The van der Waals surface area contributed by atoms with E-state index in [0.717, 1.165) is 94.3 Å². The Balaban J connectivity index is 1.09. The van der Waals surface area contributed by atoms with Gasteiger partial charge in [0.1, 0.15) is 0 Å². The smallest absolute Gasteiger partial charge is 0.160 e. The number of rotatable bonds is 6. The summed E-state index contributed by atoms with van der Waals surface area (Å²) in [6.45, 7) is 0. The molecule has 0 unspecified atom stereocenters. The van der Waals surface area contributed by atoms with Crippen molar-refractivity contribution in [1.29, 1.82) is 0 Å². The molecule has 3 aromatic heterocycles. The molecule has 0 atom stereocenters. The Kier molecular flexibility index (Phi) is 7.77. The van der Waals surface area contributed by atoms with Gasteiger partial charge in [0.15, 0.2) is 5.82 Å². The van der Waals surface area contributed by atoms with Crippen LogP contribution in [-0.4, -0.2) is 19.9 Å². The van der Waals surface area contributed by atoms with Crippen molar-refractivity contribution in [3.63, 3.8) is 0 Å². The quantitative estimate of drug-likeness (QED) is 0.163. The van der Waals surface area contributed by atoms with Crippen LogP contribution in [0, 0.1) is 0 Å². The minimum atomic E-state index is 0.706. The van der Waals surface area contributed by atoms with Crippen molar-refractivity contribution >= 4 is 32.6 Å². The van der Waals surface area contributed by atoms with Gasteiger partial charge in [0, 0.05) is 44.0 Å². The van der Waals surface area contributed by atoms with Crippen molar-refractivity contribution < 1.29 is 0 Å². The second-order valence-electron chi connectivity index (χ2n) is 13.5. The Hall–Kier alpha value is -7.30. The van der Waals surface area contributed by atoms with Crippen LogP contribution in [0.3, 0.4) is 0 Å². The molecule has 0 bridgehead atoms. The van der Waals surface area contributed by atoms with Gasteiger partial charge >= 0.3 is 0 Å². The van der Waals surface area contributed by atoms with Crippen LogP contribution in [0.1, 0.15) is 0 Å². The third-order valence-electron chi connectivity index (χ3n) is 10.1. The van der Waals surface area contributed by atoms with Gasteiger partial charge in [0.05, 0.1) is 33.8 Å². The molecule has 4 heteroatoms. The number of aromatic nitrogens is 4. The van der Waals surface area contributed by atoms with Gasteiger partial charge < -0.3 is 0 Å². The van der Waals surface area contributed by atoms with Crippen LogP contribution in [0.4, 0.5) is 0 Å². The van der Waals surface area contributed by atoms with Crippen LogP contribution in [0.15, 0.2) is 194 Å². The molecular formula is C50H32N4. The first kappa shape index (κ1) is 31.4. The molecule has 3 heterocycles. The average Bonchev–Trinajstić information content (AvgIpc) is 3.26. The van der Waals surface area contributed by atoms with E-state index in [-0.39, 0.29) is 0 Å². The molecule has 0 aliphatic heterocycles. The minimum absolute atomic E-state index is 0.706. The molecule has 10 aromatic rings. The van der Waals surface area contributed by atoms with Crippen LogP contribution < -0.4 is 0 Å². The summed E-state index contributed by atoms with van der Waals surface area (Å²) in [4.78, 5) is 20.6. The Morgan fingerprint density at radius 1 is 0.296 bits per heavy atom. The van der Waals surface area contributed by atoms with E-state index in [1.807, 2.05) is 48.5 Å². The lowest BCUT2D eigenvalue weighted by Crippen LogP contribution is -1.96. The average molecular weight is 689 g/mol. The summed E-state index contributed by atoms with van der Waals surface area (Å²) in [5, 5.41) is 4.39. The van der Waals surface area contributed by atoms with Crippen LogP contribution in [-0.2, 0) is 0 Å². The molecule has 0 aliphatic rings. The highest BCUT2D eigenvalue weighted by Crippen LogP contribution is 2.39. The van der Waals surface area contributed by atoms with E-state index < -0.39 is 0 Å². The van der Waals surface area contributed by atoms with Gasteiger partial charge in [0.25, 0.3) is 0 Å². The molecule has 0 spiro atoms. The van der Waals surface area contributed by atoms with E-state index in [4.69, 9.17) is 19.9 Å². The normalized spacial score (nSPS) is 11.3. The number of hydrogen-bond acceptors (Lipinski definition) is 4. The SMILES string of the molecule is c1ccc(-c2cc(-c3ccc(-c4ccc5c(c4)nc(-c4ccccc4)c4c5ccc5ccc(-c6ccccc6)nc54)cc3)nc(-c3ccccc3)n2)cc1. The molecule has 7 aromatic carbocycles. The predicted molar refractivity (Wildman–Crippen MR) is 223 cm³/mol. The van der Waals surface area contributed by atoms with E-state index in [1.165, 1.54) is 0 Å². The highest BCUT2D eigenvalue weighted by Gasteiger charge is 2.17. The molecule has 0 fully saturated rings. The summed E-state index contributed by atoms with van der Waals surface area (Å²) in [5.74, 6) is 0.706. The molecule has 0 N–H and O–H groups in total. The zero-order valence-corrected chi connectivity index (χ0v) is 29.3. The first-order chi connectivity index (χ1) is 26.7. The molecule has 4 nitrogen and oxygen atoms in total. The van der Waals surface area contributed by atoms with Crippen LogP contribution in [0.25, 0.3) is 100 Å². The topological polar surface area (TPSA) is 51.6 Å². The Morgan fingerprint density at radius 2 is 0.796 bits per heavy atom. The largest absolute Gasteiger partial charge is 0.247 e. The predicted octanol–water partition coefficient (Wildman–Crippen LogP) is 12.7. The monoisotopic (exact) mass is 688 g/mol. The molecule has 252 valence electrons. The molecule has 0 radical (unpaired) electrons. The first-order valence-corrected chi connectivity index (χ1v) is 18.1. The molecule has 10 rings (SSSR count). The zero-order chi connectivity index (χ0) is 35.8. The van der Waals surface area contributed by atoms with Gasteiger partial charge in [-0.15, -0.1) is 0 Å². The first-order valence-electron chi connectivity index (χ1n) is 18.1. The summed E-state index contributed by atoms with van der Waals surface area (Å²) in [5.41, 5.74) is 13.0. The standard InChI is InChI=1S/C50H32N4/c1-5-13-34(14-6-1)43-30-27-38-25-29-42-41-28-26-40(31-46(41)52-48(47(42)49(38)51-43)37-17-9-3-10-18-37)33-21-23-36(24-22-33)45-32-44(35-15-7-2-8-16-35)53-50(54-45)39-19-11-4-12-20-39/h1-32H. The van der Waals surface area contributed by atoms with Gasteiger partial charge in [-0.3, -0.25) is 0 Å². The van der Waals surface area contributed by atoms with Gasteiger partial charge in [-0.25, -0.2) is 19.9 Å². The number of hydrogen-bond donors (Lipinski definition) is 0. The van der Waals surface area contributed by atoms with Gasteiger partial charge in [-0.2, -0.15) is 0 Å². The van der Waals surface area contributed by atoms with E-state index >= 15 is 0 Å². The zero-order valence-electron chi connectivity index (χ0n) is 29.3. The molecule has 0 amide bonds. The van der Waals surface area contributed by atoms with Crippen LogP contribution in [0.2, 0.25) is 0 Å². The summed E-state index contributed by atoms with van der Waals surface area (Å²) in [6, 6.07) is 67.3. The second kappa shape index (κ2) is 13.4. The number of pyridine rings is 2. The van der Waals surface area contributed by atoms with Gasteiger partial charge in [-0.05, 0) is 34.7 Å². The lowest BCUT2D eigenvalue weighted by Gasteiger charge is -2.14. The maximum Gasteiger partial charge on any atom is 0.160 e. The van der Waals surface area contributed by atoms with Crippen molar-refractivity contribution in [3.8, 4) is 67.5 Å². The summed E-state index contributed by atoms with van der Waals surface area (Å²) >= 11 is 0. The fourth-order valence-corrected chi connectivity index (χ4v) is 7.34. The van der Waals surface area contributed by atoms with Crippen molar-refractivity contribution in [2.75, 3.05) is 0 Å². The molecule has 0 saturated carbocycles. The molecule has 0 saturated heterocycles. The summed E-state index contributed by atoms with van der Waals surface area (Å²) < 4.78 is 0. The van der Waals surface area contributed by atoms with Crippen molar-refractivity contribution in [2.45, 2.75) is 0 Å². The molecule has 0 aliphatic carbocycles. The van der Waals surface area contributed by atoms with Gasteiger partial charge in [-0.1, -0.05) is 176 Å². The number of fused-ring (bicyclic) bond motifs is 5. The number of benzene rings is 7. The van der Waals surface area contributed by atoms with E-state index in [9.17, 15) is 0 Å². The maximum absolute atomic E-state index is 5.40. The lowest BCUT2D eigenvalue weighted by molar-refractivity contribution is 1.18. The molecular weight excluding hydrogens is 657 g/mol. The van der Waals surface area contributed by atoms with Gasteiger partial charge in [0.2, 0.25) is 0 Å². The highest BCUT2D eigenvalue weighted by atomic mass is 14.9. The third kappa shape index (κ3) is 5.76. The van der Waals surface area contributed by atoms with Crippen molar-refractivity contribution in [1.82, 2.24) is 19.9 Å². The summed E-state index contributed by atoms with van der Waals surface area (Å²) in [6.07, 6.45) is 0. The van der Waals surface area contributed by atoms with Crippen molar-refractivity contribution in [3.05, 3.63) is 194 Å². The van der Waals surface area contributed by atoms with E-state index in [1.54, 1.807) is 0 Å². The second-order valence-corrected chi connectivity index (χ2v) is 13.5. The lowest BCUT2D eigenvalue weighted by atomic mass is 9.95. The third-order valence-corrected chi connectivity index (χ3v) is 10.1.